The number of carbonyl (C=O) groups is 3. The van der Waals surface area contributed by atoms with Gasteiger partial charge in [-0.25, -0.2) is 9.59 Å². The van der Waals surface area contributed by atoms with E-state index in [4.69, 9.17) is 31.4 Å². The molecule has 0 saturated heterocycles. The highest BCUT2D eigenvalue weighted by Gasteiger charge is 2.38. The summed E-state index contributed by atoms with van der Waals surface area (Å²) in [6.45, 7) is 10.6. The molecule has 1 amide bonds. The van der Waals surface area contributed by atoms with Crippen molar-refractivity contribution < 1.29 is 56.0 Å². The summed E-state index contributed by atoms with van der Waals surface area (Å²) in [7, 11) is 0. The van der Waals surface area contributed by atoms with E-state index in [1.165, 1.54) is 5.56 Å². The maximum Gasteiger partial charge on any atom is 0.490 e. The standard InChI is InChI=1S/C27H37ClN4O3S.2C2HF3O2/c1-27(2,3)18-32(23(34)11-14-29-12-9-19-5-4-6-21(28)17-19)16-15-30-13-10-20-7-8-22(33)24-25(20)36-26(35)31-24;2*3-2(4,5)1(6)7/h4-8,17,29-30,33H,9-16,18H2,1-3H3,(H,31,35);2*(H,6,7). The molecule has 280 valence electrons. The lowest BCUT2D eigenvalue weighted by Gasteiger charge is -2.30. The molecule has 11 nitrogen and oxygen atoms in total. The third-order valence-corrected chi connectivity index (χ3v) is 7.46. The van der Waals surface area contributed by atoms with Crippen molar-refractivity contribution in [2.45, 2.75) is 52.4 Å². The number of nitrogens with zero attached hydrogens (tertiary/aromatic N) is 1. The highest BCUT2D eigenvalue weighted by Crippen LogP contribution is 2.28. The molecule has 0 aliphatic carbocycles. The highest BCUT2D eigenvalue weighted by molar-refractivity contribution is 7.16. The molecule has 0 aliphatic heterocycles. The first-order valence-corrected chi connectivity index (χ1v) is 16.1. The predicted octanol–water partition coefficient (Wildman–Crippen LogP) is 5.44. The van der Waals surface area contributed by atoms with Crippen LogP contribution in [0.15, 0.2) is 41.2 Å². The molecule has 19 heteroatoms. The normalized spacial score (nSPS) is 11.6. The third kappa shape index (κ3) is 17.7. The summed E-state index contributed by atoms with van der Waals surface area (Å²) in [5.41, 5.74) is 2.72. The van der Waals surface area contributed by atoms with E-state index in [0.29, 0.717) is 44.7 Å². The monoisotopic (exact) mass is 760 g/mol. The number of fused-ring (bicyclic) bond motifs is 1. The van der Waals surface area contributed by atoms with E-state index in [-0.39, 0.29) is 21.9 Å². The van der Waals surface area contributed by atoms with E-state index >= 15 is 0 Å². The van der Waals surface area contributed by atoms with E-state index in [9.17, 15) is 41.0 Å². The topological polar surface area (TPSA) is 172 Å². The zero-order chi connectivity index (χ0) is 38.3. The second kappa shape index (κ2) is 20.1. The number of phenols is 1. The van der Waals surface area contributed by atoms with E-state index in [1.807, 2.05) is 29.2 Å². The molecule has 1 aromatic heterocycles. The smallest absolute Gasteiger partial charge is 0.490 e. The Balaban J connectivity index is 0.000000748. The quantitative estimate of drug-likeness (QED) is 0.0980. The summed E-state index contributed by atoms with van der Waals surface area (Å²) >= 11 is 7.16. The number of alkyl halides is 6. The zero-order valence-corrected chi connectivity index (χ0v) is 28.9. The van der Waals surface area contributed by atoms with Gasteiger partial charge in [0.1, 0.15) is 11.3 Å². The number of rotatable bonds is 13. The Morgan fingerprint density at radius 1 is 0.880 bits per heavy atom. The number of hydrogen-bond acceptors (Lipinski definition) is 8. The van der Waals surface area contributed by atoms with Gasteiger partial charge in [-0.05, 0) is 60.7 Å². The number of aromatic hydroxyl groups is 1. The van der Waals surface area contributed by atoms with Gasteiger partial charge in [-0.3, -0.25) is 9.59 Å². The molecule has 0 fully saturated rings. The van der Waals surface area contributed by atoms with Crippen molar-refractivity contribution in [3.63, 3.8) is 0 Å². The van der Waals surface area contributed by atoms with Gasteiger partial charge in [-0.15, -0.1) is 0 Å². The largest absolute Gasteiger partial charge is 0.506 e. The Morgan fingerprint density at radius 3 is 1.98 bits per heavy atom. The second-order valence-electron chi connectivity index (χ2n) is 11.8. The number of amides is 1. The zero-order valence-electron chi connectivity index (χ0n) is 27.3. The van der Waals surface area contributed by atoms with Crippen LogP contribution in [0.1, 0.15) is 38.3 Å². The first-order chi connectivity index (χ1) is 23.0. The maximum atomic E-state index is 12.9. The molecular formula is C31H39ClF6N4O7S. The van der Waals surface area contributed by atoms with Crippen LogP contribution >= 0.6 is 22.9 Å². The van der Waals surface area contributed by atoms with Crippen molar-refractivity contribution >= 4 is 51.0 Å². The van der Waals surface area contributed by atoms with Crippen LogP contribution in [0.4, 0.5) is 26.3 Å². The molecule has 0 bridgehead atoms. The van der Waals surface area contributed by atoms with Crippen molar-refractivity contribution in [3.8, 4) is 5.75 Å². The summed E-state index contributed by atoms with van der Waals surface area (Å²) < 4.78 is 64.3. The van der Waals surface area contributed by atoms with E-state index in [0.717, 1.165) is 46.0 Å². The molecule has 0 radical (unpaired) electrons. The molecule has 0 aliphatic rings. The second-order valence-corrected chi connectivity index (χ2v) is 13.2. The van der Waals surface area contributed by atoms with Gasteiger partial charge in [0.05, 0.1) is 4.70 Å². The van der Waals surface area contributed by atoms with Gasteiger partial charge < -0.3 is 35.8 Å². The molecule has 3 aromatic rings. The SMILES string of the molecule is CC(C)(C)CN(CCNCCc1ccc(O)c2[nH]c(=O)sc12)C(=O)CCNCCc1cccc(Cl)c1.O=C(O)C(F)(F)F.O=C(O)C(F)(F)F. The maximum absolute atomic E-state index is 12.9. The number of aliphatic carboxylic acids is 2. The number of nitrogens with one attached hydrogen (secondary N) is 3. The number of carboxylic acid groups (broad SMARTS) is 2. The van der Waals surface area contributed by atoms with Crippen LogP contribution in [0.25, 0.3) is 10.2 Å². The van der Waals surface area contributed by atoms with E-state index in [1.54, 1.807) is 6.07 Å². The van der Waals surface area contributed by atoms with E-state index < -0.39 is 24.3 Å². The molecule has 6 N–H and O–H groups in total. The van der Waals surface area contributed by atoms with Gasteiger partial charge in [0.25, 0.3) is 0 Å². The molecule has 3 rings (SSSR count). The van der Waals surface area contributed by atoms with Gasteiger partial charge in [-0.2, -0.15) is 26.3 Å². The molecule has 0 unspecified atom stereocenters. The van der Waals surface area contributed by atoms with Crippen molar-refractivity contribution in [3.05, 3.63) is 62.2 Å². The van der Waals surface area contributed by atoms with Gasteiger partial charge in [-0.1, -0.05) is 61.9 Å². The van der Waals surface area contributed by atoms with Crippen LogP contribution < -0.4 is 15.5 Å². The third-order valence-electron chi connectivity index (χ3n) is 6.27. The van der Waals surface area contributed by atoms with Crippen LogP contribution in [0.5, 0.6) is 5.75 Å². The fourth-order valence-corrected chi connectivity index (χ4v) is 5.21. The van der Waals surface area contributed by atoms with Crippen LogP contribution in [0, 0.1) is 5.41 Å². The minimum Gasteiger partial charge on any atom is -0.506 e. The van der Waals surface area contributed by atoms with Crippen LogP contribution in [-0.4, -0.2) is 94.7 Å². The number of benzene rings is 2. The molecule has 1 heterocycles. The number of aromatic amines is 1. The number of carboxylic acids is 2. The number of aromatic nitrogens is 1. The Morgan fingerprint density at radius 2 is 1.44 bits per heavy atom. The Hall–Kier alpha value is -3.87. The summed E-state index contributed by atoms with van der Waals surface area (Å²) in [5.74, 6) is -5.27. The van der Waals surface area contributed by atoms with Gasteiger partial charge in [0.2, 0.25) is 5.91 Å². The molecule has 0 saturated carbocycles. The number of halogens is 7. The molecule has 50 heavy (non-hydrogen) atoms. The predicted molar refractivity (Wildman–Crippen MR) is 177 cm³/mol. The summed E-state index contributed by atoms with van der Waals surface area (Å²) in [6.07, 6.45) is -8.10. The van der Waals surface area contributed by atoms with Crippen molar-refractivity contribution in [1.29, 1.82) is 0 Å². The average Bonchev–Trinajstić information content (AvgIpc) is 3.38. The Kier molecular flexibility index (Phi) is 17.7. The summed E-state index contributed by atoms with van der Waals surface area (Å²) in [4.78, 5) is 46.9. The van der Waals surface area contributed by atoms with Crippen molar-refractivity contribution in [2.24, 2.45) is 5.41 Å². The minimum absolute atomic E-state index is 0.0129. The van der Waals surface area contributed by atoms with E-state index in [2.05, 4.69) is 42.5 Å². The first-order valence-electron chi connectivity index (χ1n) is 14.9. The number of H-pyrrole nitrogens is 1. The highest BCUT2D eigenvalue weighted by atomic mass is 35.5. The average molecular weight is 761 g/mol. The van der Waals surface area contributed by atoms with Crippen molar-refractivity contribution in [1.82, 2.24) is 20.5 Å². The molecule has 0 atom stereocenters. The lowest BCUT2D eigenvalue weighted by Crippen LogP contribution is -2.42. The lowest BCUT2D eigenvalue weighted by molar-refractivity contribution is -0.193. The fourth-order valence-electron chi connectivity index (χ4n) is 4.10. The number of phenolic OH excluding ortho intramolecular Hbond substituents is 1. The minimum atomic E-state index is -5.08. The van der Waals surface area contributed by atoms with Gasteiger partial charge in [0.15, 0.2) is 0 Å². The molecule has 2 aromatic carbocycles. The number of thiazole rings is 1. The van der Waals surface area contributed by atoms with Gasteiger partial charge >= 0.3 is 29.2 Å². The van der Waals surface area contributed by atoms with Crippen LogP contribution in [-0.2, 0) is 27.2 Å². The molecular weight excluding hydrogens is 722 g/mol. The summed E-state index contributed by atoms with van der Waals surface area (Å²) in [5, 5.41) is 31.7. The Bertz CT molecular complexity index is 1580. The fraction of sp³-hybridized carbons (Fsp3) is 0.484. The van der Waals surface area contributed by atoms with Crippen LogP contribution in [0.3, 0.4) is 0 Å². The lowest BCUT2D eigenvalue weighted by atomic mass is 9.96. The molecule has 0 spiro atoms. The van der Waals surface area contributed by atoms with Crippen LogP contribution in [0.2, 0.25) is 5.02 Å². The first kappa shape index (κ1) is 44.2. The van der Waals surface area contributed by atoms with Crippen molar-refractivity contribution in [2.75, 3.05) is 39.3 Å². The van der Waals surface area contributed by atoms with Gasteiger partial charge in [0, 0.05) is 37.6 Å². The number of hydrogen-bond donors (Lipinski definition) is 6. The number of carbonyl (C=O) groups excluding carboxylic acids is 1. The Labute approximate surface area is 292 Å². The summed E-state index contributed by atoms with van der Waals surface area (Å²) in [6, 6.07) is 11.3.